The van der Waals surface area contributed by atoms with Crippen LogP contribution < -0.4 is 9.47 Å². The number of carbonyl (C=O) groups excluding carboxylic acids is 1. The van der Waals surface area contributed by atoms with E-state index in [-0.39, 0.29) is 17.8 Å². The number of amides is 1. The molecule has 0 radical (unpaired) electrons. The fraction of sp³-hybridized carbons (Fsp3) is 0.417. The van der Waals surface area contributed by atoms with Gasteiger partial charge in [0.25, 0.3) is 5.91 Å². The molecule has 2 aliphatic rings. The molecule has 1 fully saturated rings. The number of piperazine rings is 1. The van der Waals surface area contributed by atoms with Crippen LogP contribution in [0.2, 0.25) is 0 Å². The number of carbonyl (C=O) groups is 1. The van der Waals surface area contributed by atoms with Gasteiger partial charge in [-0.2, -0.15) is 5.10 Å². The SMILES string of the molecule is COc1ccc([C@H]2CC(c3ccc(F)cc3)=NN2C(=O)CN2CCN(C)CC2)c(OC)c1. The second kappa shape index (κ2) is 9.67. The number of hydrogen-bond acceptors (Lipinski definition) is 6. The van der Waals surface area contributed by atoms with Crippen LogP contribution in [0.1, 0.15) is 23.6 Å². The van der Waals surface area contributed by atoms with Crippen molar-refractivity contribution in [3.63, 3.8) is 0 Å². The maximum absolute atomic E-state index is 13.4. The first-order chi connectivity index (χ1) is 15.5. The highest BCUT2D eigenvalue weighted by atomic mass is 19.1. The molecule has 0 N–H and O–H groups in total. The van der Waals surface area contributed by atoms with E-state index < -0.39 is 0 Å². The van der Waals surface area contributed by atoms with Crippen LogP contribution in [0.4, 0.5) is 4.39 Å². The Bertz CT molecular complexity index is 987. The third kappa shape index (κ3) is 4.76. The second-order valence-corrected chi connectivity index (χ2v) is 8.20. The Morgan fingerprint density at radius 1 is 1.06 bits per heavy atom. The molecule has 1 amide bonds. The maximum atomic E-state index is 13.4. The lowest BCUT2D eigenvalue weighted by Gasteiger charge is -2.33. The molecule has 2 aliphatic heterocycles. The average molecular weight is 441 g/mol. The van der Waals surface area contributed by atoms with Crippen LogP contribution in [0, 0.1) is 5.82 Å². The number of halogens is 1. The summed E-state index contributed by atoms with van der Waals surface area (Å²) in [4.78, 5) is 17.8. The Morgan fingerprint density at radius 3 is 2.44 bits per heavy atom. The largest absolute Gasteiger partial charge is 0.497 e. The molecule has 0 spiro atoms. The molecule has 2 aromatic carbocycles. The molecular formula is C24H29FN4O3. The Balaban J connectivity index is 1.63. The number of benzene rings is 2. The number of hydrogen-bond donors (Lipinski definition) is 0. The number of hydrazone groups is 1. The number of methoxy groups -OCH3 is 2. The predicted molar refractivity (Wildman–Crippen MR) is 121 cm³/mol. The number of ether oxygens (including phenoxy) is 2. The first-order valence-electron chi connectivity index (χ1n) is 10.8. The van der Waals surface area contributed by atoms with Crippen molar-refractivity contribution in [1.82, 2.24) is 14.8 Å². The van der Waals surface area contributed by atoms with Gasteiger partial charge in [-0.3, -0.25) is 9.69 Å². The molecule has 7 nitrogen and oxygen atoms in total. The quantitative estimate of drug-likeness (QED) is 0.692. The zero-order valence-corrected chi connectivity index (χ0v) is 18.8. The fourth-order valence-electron chi connectivity index (χ4n) is 4.16. The molecule has 2 aromatic rings. The Hall–Kier alpha value is -2.97. The van der Waals surface area contributed by atoms with Gasteiger partial charge in [0.2, 0.25) is 0 Å². The highest BCUT2D eigenvalue weighted by molar-refractivity contribution is 6.03. The van der Waals surface area contributed by atoms with E-state index in [1.165, 1.54) is 12.1 Å². The molecule has 4 rings (SSSR count). The van der Waals surface area contributed by atoms with Crippen LogP contribution in [0.3, 0.4) is 0 Å². The van der Waals surface area contributed by atoms with Crippen molar-refractivity contribution in [2.45, 2.75) is 12.5 Å². The zero-order chi connectivity index (χ0) is 22.7. The summed E-state index contributed by atoms with van der Waals surface area (Å²) in [5, 5.41) is 6.27. The summed E-state index contributed by atoms with van der Waals surface area (Å²) in [6, 6.07) is 11.5. The van der Waals surface area contributed by atoms with Crippen molar-refractivity contribution in [3.05, 3.63) is 59.4 Å². The minimum absolute atomic E-state index is 0.0606. The van der Waals surface area contributed by atoms with Gasteiger partial charge in [0.1, 0.15) is 17.3 Å². The van der Waals surface area contributed by atoms with E-state index in [0.29, 0.717) is 24.5 Å². The monoisotopic (exact) mass is 440 g/mol. The summed E-state index contributed by atoms with van der Waals surface area (Å²) in [7, 11) is 5.29. The number of rotatable bonds is 6. The lowest BCUT2D eigenvalue weighted by molar-refractivity contribution is -0.134. The van der Waals surface area contributed by atoms with E-state index in [4.69, 9.17) is 14.6 Å². The van der Waals surface area contributed by atoms with Crippen LogP contribution in [-0.2, 0) is 4.79 Å². The van der Waals surface area contributed by atoms with Crippen molar-refractivity contribution in [2.24, 2.45) is 5.10 Å². The molecule has 1 saturated heterocycles. The lowest BCUT2D eigenvalue weighted by Crippen LogP contribution is -2.48. The van der Waals surface area contributed by atoms with Gasteiger partial charge in [-0.05, 0) is 36.9 Å². The zero-order valence-electron chi connectivity index (χ0n) is 18.8. The standard InChI is InChI=1S/C24H29FN4O3/c1-27-10-12-28(13-11-27)16-24(30)29-22(20-9-8-19(31-2)14-23(20)32-3)15-21(26-29)17-4-6-18(25)7-5-17/h4-9,14,22H,10-13,15-16H2,1-3H3/t22-/m1/s1. The van der Waals surface area contributed by atoms with Gasteiger partial charge in [0.05, 0.1) is 32.5 Å². The van der Waals surface area contributed by atoms with Crippen molar-refractivity contribution < 1.29 is 18.7 Å². The Morgan fingerprint density at radius 2 is 1.78 bits per heavy atom. The average Bonchev–Trinajstić information content (AvgIpc) is 3.26. The summed E-state index contributed by atoms with van der Waals surface area (Å²) in [6.45, 7) is 3.88. The maximum Gasteiger partial charge on any atom is 0.257 e. The highest BCUT2D eigenvalue weighted by Gasteiger charge is 2.35. The predicted octanol–water partition coefficient (Wildman–Crippen LogP) is 2.77. The third-order valence-electron chi connectivity index (χ3n) is 6.10. The number of nitrogens with zero attached hydrogens (tertiary/aromatic N) is 4. The van der Waals surface area contributed by atoms with E-state index in [1.54, 1.807) is 31.4 Å². The van der Waals surface area contributed by atoms with Crippen molar-refractivity contribution in [3.8, 4) is 11.5 Å². The van der Waals surface area contributed by atoms with Crippen LogP contribution >= 0.6 is 0 Å². The second-order valence-electron chi connectivity index (χ2n) is 8.20. The highest BCUT2D eigenvalue weighted by Crippen LogP contribution is 2.39. The molecule has 2 heterocycles. The summed E-state index contributed by atoms with van der Waals surface area (Å²) >= 11 is 0. The van der Waals surface area contributed by atoms with Crippen LogP contribution in [0.15, 0.2) is 47.6 Å². The van der Waals surface area contributed by atoms with E-state index in [0.717, 1.165) is 43.0 Å². The van der Waals surface area contributed by atoms with Crippen LogP contribution in [-0.4, -0.2) is 80.4 Å². The lowest BCUT2D eigenvalue weighted by atomic mass is 9.97. The molecular weight excluding hydrogens is 411 g/mol. The van der Waals surface area contributed by atoms with Gasteiger partial charge in [-0.15, -0.1) is 0 Å². The van der Waals surface area contributed by atoms with Crippen LogP contribution in [0.5, 0.6) is 11.5 Å². The number of likely N-dealkylation sites (N-methyl/N-ethyl adjacent to an activating group) is 1. The molecule has 8 heteroatoms. The normalized spacial score (nSPS) is 19.7. The molecule has 0 aliphatic carbocycles. The van der Waals surface area contributed by atoms with Gasteiger partial charge >= 0.3 is 0 Å². The Kier molecular flexibility index (Phi) is 6.72. The Labute approximate surface area is 188 Å². The first-order valence-corrected chi connectivity index (χ1v) is 10.8. The van der Waals surface area contributed by atoms with Gasteiger partial charge in [0, 0.05) is 44.2 Å². The van der Waals surface area contributed by atoms with E-state index in [9.17, 15) is 9.18 Å². The van der Waals surface area contributed by atoms with Crippen LogP contribution in [0.25, 0.3) is 0 Å². The summed E-state index contributed by atoms with van der Waals surface area (Å²) < 4.78 is 24.4. The van der Waals surface area contributed by atoms with Crippen molar-refractivity contribution in [1.29, 1.82) is 0 Å². The van der Waals surface area contributed by atoms with Gasteiger partial charge in [0.15, 0.2) is 0 Å². The topological polar surface area (TPSA) is 57.6 Å². The van der Waals surface area contributed by atoms with Gasteiger partial charge < -0.3 is 14.4 Å². The molecule has 32 heavy (non-hydrogen) atoms. The first kappa shape index (κ1) is 22.2. The molecule has 0 unspecified atom stereocenters. The minimum Gasteiger partial charge on any atom is -0.497 e. The summed E-state index contributed by atoms with van der Waals surface area (Å²) in [5.41, 5.74) is 2.42. The van der Waals surface area contributed by atoms with E-state index in [2.05, 4.69) is 16.8 Å². The third-order valence-corrected chi connectivity index (χ3v) is 6.10. The van der Waals surface area contributed by atoms with Gasteiger partial charge in [-0.1, -0.05) is 12.1 Å². The van der Waals surface area contributed by atoms with Crippen molar-refractivity contribution >= 4 is 11.6 Å². The summed E-state index contributed by atoms with van der Waals surface area (Å²) in [6.07, 6.45) is 0.517. The summed E-state index contributed by atoms with van der Waals surface area (Å²) in [5.74, 6) is 0.958. The minimum atomic E-state index is -0.309. The fourth-order valence-corrected chi connectivity index (χ4v) is 4.16. The molecule has 170 valence electrons. The van der Waals surface area contributed by atoms with E-state index in [1.807, 2.05) is 18.2 Å². The van der Waals surface area contributed by atoms with Crippen molar-refractivity contribution in [2.75, 3.05) is 54.0 Å². The molecule has 0 saturated carbocycles. The van der Waals surface area contributed by atoms with Gasteiger partial charge in [-0.25, -0.2) is 9.40 Å². The molecule has 1 atom stereocenters. The van der Waals surface area contributed by atoms with E-state index >= 15 is 0 Å². The molecule has 0 aromatic heterocycles. The molecule has 0 bridgehead atoms. The smallest absolute Gasteiger partial charge is 0.257 e.